The standard InChI is InChI=1S/C30H35ClN2O2/c1-4-23-14-16-24(17-15-23)18-19-29(34)33(21-26-12-8-9-13-27(26)31)28(30(35)32-22(2)3)20-25-10-6-5-7-11-25/h5-17,22,28H,4,18-21H2,1-3H3,(H,32,35)/t28-/m1/s1. The third-order valence-corrected chi connectivity index (χ3v) is 6.43. The van der Waals surface area contributed by atoms with Gasteiger partial charge in [0, 0.05) is 30.5 Å². The Morgan fingerprint density at radius 3 is 2.11 bits per heavy atom. The summed E-state index contributed by atoms with van der Waals surface area (Å²) in [5.74, 6) is -0.221. The van der Waals surface area contributed by atoms with Crippen molar-refractivity contribution < 1.29 is 9.59 Å². The van der Waals surface area contributed by atoms with Crippen LogP contribution in [0.15, 0.2) is 78.9 Å². The Morgan fingerprint density at radius 1 is 0.857 bits per heavy atom. The minimum absolute atomic E-state index is 0.0323. The van der Waals surface area contributed by atoms with Gasteiger partial charge in [-0.05, 0) is 55.0 Å². The van der Waals surface area contributed by atoms with Crippen LogP contribution in [0.2, 0.25) is 5.02 Å². The van der Waals surface area contributed by atoms with Crippen molar-refractivity contribution in [2.24, 2.45) is 0 Å². The Kier molecular flexibility index (Phi) is 9.92. The van der Waals surface area contributed by atoms with E-state index in [1.165, 1.54) is 5.56 Å². The van der Waals surface area contributed by atoms with E-state index < -0.39 is 6.04 Å². The van der Waals surface area contributed by atoms with Crippen LogP contribution in [-0.2, 0) is 35.4 Å². The molecule has 0 radical (unpaired) electrons. The van der Waals surface area contributed by atoms with Gasteiger partial charge in [0.2, 0.25) is 11.8 Å². The van der Waals surface area contributed by atoms with Crippen molar-refractivity contribution in [1.82, 2.24) is 10.2 Å². The zero-order valence-electron chi connectivity index (χ0n) is 20.8. The van der Waals surface area contributed by atoms with Crippen LogP contribution in [0.3, 0.4) is 0 Å². The van der Waals surface area contributed by atoms with Crippen LogP contribution < -0.4 is 5.32 Å². The number of hydrogen-bond donors (Lipinski definition) is 1. The fourth-order valence-electron chi connectivity index (χ4n) is 4.08. The van der Waals surface area contributed by atoms with Gasteiger partial charge in [0.1, 0.15) is 6.04 Å². The summed E-state index contributed by atoms with van der Waals surface area (Å²) < 4.78 is 0. The number of halogens is 1. The van der Waals surface area contributed by atoms with Crippen molar-refractivity contribution in [2.75, 3.05) is 0 Å². The molecule has 35 heavy (non-hydrogen) atoms. The molecule has 3 rings (SSSR count). The van der Waals surface area contributed by atoms with Crippen LogP contribution in [0.4, 0.5) is 0 Å². The number of benzene rings is 3. The van der Waals surface area contributed by atoms with Gasteiger partial charge < -0.3 is 10.2 Å². The van der Waals surface area contributed by atoms with E-state index in [2.05, 4.69) is 36.5 Å². The van der Waals surface area contributed by atoms with Crippen molar-refractivity contribution in [2.45, 2.75) is 65.1 Å². The van der Waals surface area contributed by atoms with E-state index in [1.54, 1.807) is 4.90 Å². The van der Waals surface area contributed by atoms with Gasteiger partial charge in [-0.1, -0.05) is 91.3 Å². The van der Waals surface area contributed by atoms with Gasteiger partial charge >= 0.3 is 0 Å². The van der Waals surface area contributed by atoms with Crippen molar-refractivity contribution >= 4 is 23.4 Å². The van der Waals surface area contributed by atoms with E-state index in [0.29, 0.717) is 24.3 Å². The summed E-state index contributed by atoms with van der Waals surface area (Å²) in [6.45, 7) is 6.26. The maximum atomic E-state index is 13.7. The Balaban J connectivity index is 1.89. The summed E-state index contributed by atoms with van der Waals surface area (Å²) in [5, 5.41) is 3.61. The molecule has 5 heteroatoms. The zero-order chi connectivity index (χ0) is 25.2. The molecule has 0 aliphatic rings. The molecule has 0 spiro atoms. The Morgan fingerprint density at radius 2 is 1.49 bits per heavy atom. The number of carbonyl (C=O) groups is 2. The van der Waals surface area contributed by atoms with Gasteiger partial charge in [0.15, 0.2) is 0 Å². The van der Waals surface area contributed by atoms with E-state index in [0.717, 1.165) is 23.1 Å². The smallest absolute Gasteiger partial charge is 0.243 e. The highest BCUT2D eigenvalue weighted by atomic mass is 35.5. The van der Waals surface area contributed by atoms with Crippen molar-refractivity contribution in [3.63, 3.8) is 0 Å². The van der Waals surface area contributed by atoms with Crippen molar-refractivity contribution in [3.8, 4) is 0 Å². The molecule has 1 N–H and O–H groups in total. The van der Waals surface area contributed by atoms with Crippen molar-refractivity contribution in [3.05, 3.63) is 106 Å². The van der Waals surface area contributed by atoms with E-state index in [4.69, 9.17) is 11.6 Å². The average Bonchev–Trinajstić information content (AvgIpc) is 2.86. The quantitative estimate of drug-likeness (QED) is 0.358. The molecule has 4 nitrogen and oxygen atoms in total. The summed E-state index contributed by atoms with van der Waals surface area (Å²) in [6, 6.07) is 25.0. The Hall–Kier alpha value is -3.11. The third kappa shape index (κ3) is 7.97. The molecule has 0 aliphatic carbocycles. The lowest BCUT2D eigenvalue weighted by Gasteiger charge is -2.32. The van der Waals surface area contributed by atoms with Crippen LogP contribution >= 0.6 is 11.6 Å². The monoisotopic (exact) mass is 490 g/mol. The summed E-state index contributed by atoms with van der Waals surface area (Å²) >= 11 is 6.46. The zero-order valence-corrected chi connectivity index (χ0v) is 21.6. The van der Waals surface area contributed by atoms with Gasteiger partial charge in [-0.25, -0.2) is 0 Å². The molecule has 0 aromatic heterocycles. The van der Waals surface area contributed by atoms with Crippen LogP contribution in [0.1, 0.15) is 49.4 Å². The maximum absolute atomic E-state index is 13.7. The fraction of sp³-hybridized carbons (Fsp3) is 0.333. The minimum Gasteiger partial charge on any atom is -0.352 e. The molecule has 0 fully saturated rings. The van der Waals surface area contributed by atoms with E-state index in [9.17, 15) is 9.59 Å². The number of nitrogens with one attached hydrogen (secondary N) is 1. The summed E-state index contributed by atoms with van der Waals surface area (Å²) in [4.78, 5) is 28.8. The van der Waals surface area contributed by atoms with Crippen molar-refractivity contribution in [1.29, 1.82) is 0 Å². The lowest BCUT2D eigenvalue weighted by Crippen LogP contribution is -2.51. The Bertz CT molecular complexity index is 1100. The third-order valence-electron chi connectivity index (χ3n) is 6.06. The fourth-order valence-corrected chi connectivity index (χ4v) is 4.28. The highest BCUT2D eigenvalue weighted by molar-refractivity contribution is 6.31. The normalized spacial score (nSPS) is 11.8. The molecule has 0 saturated carbocycles. The predicted octanol–water partition coefficient (Wildman–Crippen LogP) is 6.00. The first-order valence-electron chi connectivity index (χ1n) is 12.3. The predicted molar refractivity (Wildman–Crippen MR) is 143 cm³/mol. The highest BCUT2D eigenvalue weighted by Gasteiger charge is 2.30. The molecule has 0 saturated heterocycles. The van der Waals surface area contributed by atoms with Gasteiger partial charge in [0.05, 0.1) is 0 Å². The number of aryl methyl sites for hydroxylation is 2. The largest absolute Gasteiger partial charge is 0.352 e. The first-order chi connectivity index (χ1) is 16.9. The van der Waals surface area contributed by atoms with Gasteiger partial charge in [-0.15, -0.1) is 0 Å². The molecular formula is C30H35ClN2O2. The first kappa shape index (κ1) is 26.5. The molecular weight excluding hydrogens is 456 g/mol. The molecule has 0 unspecified atom stereocenters. The maximum Gasteiger partial charge on any atom is 0.243 e. The van der Waals surface area contributed by atoms with E-state index in [1.807, 2.05) is 68.4 Å². The topological polar surface area (TPSA) is 49.4 Å². The van der Waals surface area contributed by atoms with E-state index >= 15 is 0 Å². The molecule has 2 amide bonds. The van der Waals surface area contributed by atoms with Crippen LogP contribution in [0.25, 0.3) is 0 Å². The molecule has 184 valence electrons. The number of hydrogen-bond acceptors (Lipinski definition) is 2. The molecule has 0 aliphatic heterocycles. The van der Waals surface area contributed by atoms with Gasteiger partial charge in [-0.2, -0.15) is 0 Å². The second-order valence-electron chi connectivity index (χ2n) is 9.15. The number of nitrogens with zero attached hydrogens (tertiary/aromatic N) is 1. The lowest BCUT2D eigenvalue weighted by molar-refractivity contribution is -0.141. The Labute approximate surface area is 214 Å². The van der Waals surface area contributed by atoms with Crippen LogP contribution in [0, 0.1) is 0 Å². The second-order valence-corrected chi connectivity index (χ2v) is 9.56. The van der Waals surface area contributed by atoms with Crippen LogP contribution in [-0.4, -0.2) is 28.8 Å². The van der Waals surface area contributed by atoms with Gasteiger partial charge in [-0.3, -0.25) is 9.59 Å². The van der Waals surface area contributed by atoms with Crippen LogP contribution in [0.5, 0.6) is 0 Å². The summed E-state index contributed by atoms with van der Waals surface area (Å²) in [7, 11) is 0. The van der Waals surface area contributed by atoms with Gasteiger partial charge in [0.25, 0.3) is 0 Å². The highest BCUT2D eigenvalue weighted by Crippen LogP contribution is 2.21. The SMILES string of the molecule is CCc1ccc(CCC(=O)N(Cc2ccccc2Cl)[C@H](Cc2ccccc2)C(=O)NC(C)C)cc1. The lowest BCUT2D eigenvalue weighted by atomic mass is 10.0. The minimum atomic E-state index is -0.647. The molecule has 3 aromatic rings. The number of rotatable bonds is 11. The number of carbonyl (C=O) groups excluding carboxylic acids is 2. The molecule has 0 bridgehead atoms. The first-order valence-corrected chi connectivity index (χ1v) is 12.7. The second kappa shape index (κ2) is 13.1. The van der Waals surface area contributed by atoms with E-state index in [-0.39, 0.29) is 24.4 Å². The number of amides is 2. The molecule has 1 atom stereocenters. The average molecular weight is 491 g/mol. The molecule has 0 heterocycles. The summed E-state index contributed by atoms with van der Waals surface area (Å²) in [6.07, 6.45) is 2.35. The summed E-state index contributed by atoms with van der Waals surface area (Å²) in [5.41, 5.74) is 4.21. The molecule has 3 aromatic carbocycles.